The molecular formula is C12H11FN2O3. The molecule has 0 aliphatic carbocycles. The summed E-state index contributed by atoms with van der Waals surface area (Å²) in [6.07, 6.45) is 0. The smallest absolute Gasteiger partial charge is 0.346 e. The van der Waals surface area contributed by atoms with E-state index in [0.717, 1.165) is 0 Å². The minimum atomic E-state index is -0.615. The van der Waals surface area contributed by atoms with E-state index in [9.17, 15) is 9.18 Å². The van der Waals surface area contributed by atoms with E-state index < -0.39 is 5.97 Å². The van der Waals surface area contributed by atoms with E-state index >= 15 is 0 Å². The molecule has 0 radical (unpaired) electrons. The van der Waals surface area contributed by atoms with Crippen LogP contribution in [0.3, 0.4) is 0 Å². The molecule has 0 unspecified atom stereocenters. The van der Waals surface area contributed by atoms with Crippen molar-refractivity contribution < 1.29 is 18.4 Å². The topological polar surface area (TPSA) is 78.3 Å². The van der Waals surface area contributed by atoms with Crippen LogP contribution in [0, 0.1) is 5.82 Å². The van der Waals surface area contributed by atoms with Gasteiger partial charge in [-0.05, 0) is 31.2 Å². The standard InChI is InChI=1S/C12H11FN2O3/c1-2-17-12(16)9-10(15-18-11(9)14)7-3-5-8(13)6-4-7/h3-6H,2,14H2,1H3. The Kier molecular flexibility index (Phi) is 3.27. The van der Waals surface area contributed by atoms with Crippen molar-refractivity contribution in [2.45, 2.75) is 6.92 Å². The fraction of sp³-hybridized carbons (Fsp3) is 0.167. The lowest BCUT2D eigenvalue weighted by molar-refractivity contribution is 0.0528. The van der Waals surface area contributed by atoms with E-state index in [1.165, 1.54) is 24.3 Å². The number of ether oxygens (including phenoxy) is 1. The number of hydrogen-bond donors (Lipinski definition) is 1. The van der Waals surface area contributed by atoms with Crippen LogP contribution in [-0.2, 0) is 4.74 Å². The number of rotatable bonds is 3. The molecule has 18 heavy (non-hydrogen) atoms. The van der Waals surface area contributed by atoms with Gasteiger partial charge < -0.3 is 15.0 Å². The molecule has 2 rings (SSSR count). The Morgan fingerprint density at radius 2 is 2.11 bits per heavy atom. The van der Waals surface area contributed by atoms with Gasteiger partial charge in [0.25, 0.3) is 0 Å². The van der Waals surface area contributed by atoms with Crippen LogP contribution in [0.15, 0.2) is 28.8 Å². The zero-order chi connectivity index (χ0) is 13.1. The van der Waals surface area contributed by atoms with Crippen LogP contribution in [0.1, 0.15) is 17.3 Å². The van der Waals surface area contributed by atoms with Crippen LogP contribution in [0.5, 0.6) is 0 Å². The SMILES string of the molecule is CCOC(=O)c1c(-c2ccc(F)cc2)noc1N. The number of hydrogen-bond acceptors (Lipinski definition) is 5. The molecule has 2 aromatic rings. The zero-order valence-corrected chi connectivity index (χ0v) is 9.64. The molecule has 0 amide bonds. The third-order valence-corrected chi connectivity index (χ3v) is 2.32. The maximum absolute atomic E-state index is 12.8. The number of esters is 1. The number of halogens is 1. The first-order chi connectivity index (χ1) is 8.63. The highest BCUT2D eigenvalue weighted by Gasteiger charge is 2.23. The Morgan fingerprint density at radius 3 is 2.72 bits per heavy atom. The minimum Gasteiger partial charge on any atom is -0.462 e. The van der Waals surface area contributed by atoms with Crippen LogP contribution < -0.4 is 5.73 Å². The Hall–Kier alpha value is -2.37. The van der Waals surface area contributed by atoms with Crippen LogP contribution in [0.4, 0.5) is 10.3 Å². The number of nitrogens with two attached hydrogens (primary N) is 1. The lowest BCUT2D eigenvalue weighted by Crippen LogP contribution is -2.07. The molecule has 1 heterocycles. The molecule has 0 spiro atoms. The molecule has 94 valence electrons. The second kappa shape index (κ2) is 4.87. The average Bonchev–Trinajstić information content (AvgIpc) is 2.72. The third kappa shape index (κ3) is 2.17. The number of nitrogens with zero attached hydrogens (tertiary/aromatic N) is 1. The second-order valence-electron chi connectivity index (χ2n) is 3.50. The summed E-state index contributed by atoms with van der Waals surface area (Å²) in [5.74, 6) is -1.11. The summed E-state index contributed by atoms with van der Waals surface area (Å²) in [7, 11) is 0. The Labute approximate surface area is 102 Å². The van der Waals surface area contributed by atoms with Crippen molar-refractivity contribution in [3.05, 3.63) is 35.6 Å². The number of nitrogen functional groups attached to an aromatic ring is 1. The molecule has 0 aliphatic rings. The first-order valence-electron chi connectivity index (χ1n) is 5.31. The summed E-state index contributed by atoms with van der Waals surface area (Å²) in [5, 5.41) is 3.70. The predicted molar refractivity (Wildman–Crippen MR) is 62.3 cm³/mol. The largest absolute Gasteiger partial charge is 0.462 e. The molecular weight excluding hydrogens is 239 g/mol. The van der Waals surface area contributed by atoms with Gasteiger partial charge >= 0.3 is 5.97 Å². The number of benzene rings is 1. The molecule has 0 saturated carbocycles. The third-order valence-electron chi connectivity index (χ3n) is 2.32. The van der Waals surface area contributed by atoms with Crippen molar-refractivity contribution in [1.29, 1.82) is 0 Å². The summed E-state index contributed by atoms with van der Waals surface area (Å²) in [5.41, 5.74) is 6.36. The van der Waals surface area contributed by atoms with Crippen molar-refractivity contribution in [2.75, 3.05) is 12.3 Å². The minimum absolute atomic E-state index is 0.0588. The quantitative estimate of drug-likeness (QED) is 0.845. The van der Waals surface area contributed by atoms with E-state index in [-0.39, 0.29) is 29.6 Å². The summed E-state index contributed by atoms with van der Waals surface area (Å²) in [6.45, 7) is 1.89. The molecule has 1 aromatic carbocycles. The normalized spacial score (nSPS) is 10.3. The van der Waals surface area contributed by atoms with E-state index in [4.69, 9.17) is 15.0 Å². The van der Waals surface area contributed by atoms with Crippen molar-refractivity contribution in [3.63, 3.8) is 0 Å². The van der Waals surface area contributed by atoms with Gasteiger partial charge in [0, 0.05) is 5.56 Å². The first kappa shape index (κ1) is 12.1. The number of carbonyl (C=O) groups excluding carboxylic acids is 1. The first-order valence-corrected chi connectivity index (χ1v) is 5.31. The van der Waals surface area contributed by atoms with Gasteiger partial charge in [0.15, 0.2) is 5.56 Å². The molecule has 2 N–H and O–H groups in total. The second-order valence-corrected chi connectivity index (χ2v) is 3.50. The summed E-state index contributed by atoms with van der Waals surface area (Å²) in [6, 6.07) is 5.48. The molecule has 0 bridgehead atoms. The molecule has 0 saturated heterocycles. The molecule has 1 aromatic heterocycles. The van der Waals surface area contributed by atoms with Gasteiger partial charge in [-0.25, -0.2) is 9.18 Å². The van der Waals surface area contributed by atoms with Crippen LogP contribution in [0.2, 0.25) is 0 Å². The lowest BCUT2D eigenvalue weighted by Gasteiger charge is -2.02. The summed E-state index contributed by atoms with van der Waals surface area (Å²) in [4.78, 5) is 11.7. The van der Waals surface area contributed by atoms with Gasteiger partial charge in [-0.3, -0.25) is 0 Å². The highest BCUT2D eigenvalue weighted by Crippen LogP contribution is 2.27. The van der Waals surface area contributed by atoms with Crippen molar-refractivity contribution >= 4 is 11.9 Å². The summed E-state index contributed by atoms with van der Waals surface area (Å²) >= 11 is 0. The molecule has 5 nitrogen and oxygen atoms in total. The van der Waals surface area contributed by atoms with E-state index in [2.05, 4.69) is 5.16 Å². The van der Waals surface area contributed by atoms with Crippen LogP contribution >= 0.6 is 0 Å². The van der Waals surface area contributed by atoms with Gasteiger partial charge in [0.1, 0.15) is 11.5 Å². The molecule has 6 heteroatoms. The van der Waals surface area contributed by atoms with Crippen LogP contribution in [0.25, 0.3) is 11.3 Å². The maximum Gasteiger partial charge on any atom is 0.346 e. The Balaban J connectivity index is 2.45. The van der Waals surface area contributed by atoms with Crippen LogP contribution in [-0.4, -0.2) is 17.7 Å². The molecule has 0 aliphatic heterocycles. The highest BCUT2D eigenvalue weighted by molar-refractivity contribution is 6.00. The van der Waals surface area contributed by atoms with Gasteiger partial charge in [0.05, 0.1) is 6.61 Å². The fourth-order valence-corrected chi connectivity index (χ4v) is 1.51. The lowest BCUT2D eigenvalue weighted by atomic mass is 10.1. The van der Waals surface area contributed by atoms with Crippen molar-refractivity contribution in [2.24, 2.45) is 0 Å². The van der Waals surface area contributed by atoms with Gasteiger partial charge in [-0.15, -0.1) is 0 Å². The zero-order valence-electron chi connectivity index (χ0n) is 9.64. The fourth-order valence-electron chi connectivity index (χ4n) is 1.51. The molecule has 0 fully saturated rings. The van der Waals surface area contributed by atoms with Crippen molar-refractivity contribution in [1.82, 2.24) is 5.16 Å². The Bertz CT molecular complexity index is 563. The van der Waals surface area contributed by atoms with Crippen molar-refractivity contribution in [3.8, 4) is 11.3 Å². The maximum atomic E-state index is 12.8. The number of anilines is 1. The molecule has 0 atom stereocenters. The van der Waals surface area contributed by atoms with E-state index in [1.807, 2.05) is 0 Å². The Morgan fingerprint density at radius 1 is 1.44 bits per heavy atom. The van der Waals surface area contributed by atoms with E-state index in [0.29, 0.717) is 5.56 Å². The summed E-state index contributed by atoms with van der Waals surface area (Å²) < 4.78 is 22.5. The highest BCUT2D eigenvalue weighted by atomic mass is 19.1. The predicted octanol–water partition coefficient (Wildman–Crippen LogP) is 2.24. The van der Waals surface area contributed by atoms with Gasteiger partial charge in [-0.1, -0.05) is 5.16 Å². The monoisotopic (exact) mass is 250 g/mol. The number of aromatic nitrogens is 1. The average molecular weight is 250 g/mol. The van der Waals surface area contributed by atoms with Gasteiger partial charge in [-0.2, -0.15) is 0 Å². The van der Waals surface area contributed by atoms with E-state index in [1.54, 1.807) is 6.92 Å². The van der Waals surface area contributed by atoms with Gasteiger partial charge in [0.2, 0.25) is 5.88 Å². The number of carbonyl (C=O) groups is 1.